The third kappa shape index (κ3) is 3.24. The van der Waals surface area contributed by atoms with E-state index in [1.54, 1.807) is 37.6 Å². The Morgan fingerprint density at radius 1 is 1.00 bits per heavy atom. The SMILES string of the molecule is COc1ccc([C@H](c2ccc[nH]2)[C@H](O)C(=O)c2ccccc2)cc1. The maximum atomic E-state index is 12.7. The lowest BCUT2D eigenvalue weighted by Crippen LogP contribution is -2.29. The Morgan fingerprint density at radius 3 is 2.29 bits per heavy atom. The fraction of sp³-hybridized carbons (Fsp3) is 0.150. The van der Waals surface area contributed by atoms with Crippen LogP contribution in [-0.2, 0) is 0 Å². The third-order valence-electron chi connectivity index (χ3n) is 4.07. The van der Waals surface area contributed by atoms with Gasteiger partial charge >= 0.3 is 0 Å². The monoisotopic (exact) mass is 321 g/mol. The van der Waals surface area contributed by atoms with Crippen LogP contribution in [0, 0.1) is 0 Å². The smallest absolute Gasteiger partial charge is 0.192 e. The molecule has 2 aromatic carbocycles. The number of H-pyrrole nitrogens is 1. The number of aromatic nitrogens is 1. The fourth-order valence-electron chi connectivity index (χ4n) is 2.81. The standard InChI is InChI=1S/C20H19NO3/c1-24-16-11-9-14(10-12-16)18(17-8-5-13-21-17)20(23)19(22)15-6-3-2-4-7-15/h2-13,18,20-21,23H,1H3/t18-,20+/m1/s1. The van der Waals surface area contributed by atoms with Gasteiger partial charge in [-0.25, -0.2) is 0 Å². The van der Waals surface area contributed by atoms with Crippen molar-refractivity contribution in [3.63, 3.8) is 0 Å². The molecule has 2 atom stereocenters. The number of carbonyl (C=O) groups excluding carboxylic acids is 1. The molecule has 3 rings (SSSR count). The molecule has 3 aromatic rings. The summed E-state index contributed by atoms with van der Waals surface area (Å²) < 4.78 is 5.18. The number of rotatable bonds is 6. The van der Waals surface area contributed by atoms with Gasteiger partial charge in [-0.3, -0.25) is 4.79 Å². The van der Waals surface area contributed by atoms with Crippen molar-refractivity contribution in [1.82, 2.24) is 4.98 Å². The minimum Gasteiger partial charge on any atom is -0.497 e. The molecule has 0 fully saturated rings. The van der Waals surface area contributed by atoms with E-state index in [2.05, 4.69) is 4.98 Å². The summed E-state index contributed by atoms with van der Waals surface area (Å²) in [4.78, 5) is 15.8. The second-order valence-corrected chi connectivity index (χ2v) is 5.55. The van der Waals surface area contributed by atoms with E-state index < -0.39 is 12.0 Å². The van der Waals surface area contributed by atoms with Crippen molar-refractivity contribution >= 4 is 5.78 Å². The number of nitrogens with one attached hydrogen (secondary N) is 1. The first kappa shape index (κ1) is 16.0. The van der Waals surface area contributed by atoms with Gasteiger partial charge in [0.05, 0.1) is 13.0 Å². The number of benzene rings is 2. The highest BCUT2D eigenvalue weighted by Gasteiger charge is 2.30. The highest BCUT2D eigenvalue weighted by molar-refractivity contribution is 6.00. The number of aliphatic hydroxyl groups excluding tert-OH is 1. The molecule has 0 radical (unpaired) electrons. The van der Waals surface area contributed by atoms with Crippen molar-refractivity contribution in [3.05, 3.63) is 89.7 Å². The molecule has 0 aliphatic carbocycles. The van der Waals surface area contributed by atoms with Crippen molar-refractivity contribution in [3.8, 4) is 5.75 Å². The molecule has 0 saturated carbocycles. The molecule has 1 aromatic heterocycles. The van der Waals surface area contributed by atoms with Crippen LogP contribution in [-0.4, -0.2) is 29.1 Å². The Morgan fingerprint density at radius 2 is 1.71 bits per heavy atom. The van der Waals surface area contributed by atoms with E-state index in [0.717, 1.165) is 17.0 Å². The quantitative estimate of drug-likeness (QED) is 0.684. The van der Waals surface area contributed by atoms with Crippen LogP contribution in [0.15, 0.2) is 72.9 Å². The zero-order valence-electron chi connectivity index (χ0n) is 13.3. The summed E-state index contributed by atoms with van der Waals surface area (Å²) >= 11 is 0. The lowest BCUT2D eigenvalue weighted by molar-refractivity contribution is 0.0713. The average Bonchev–Trinajstić information content (AvgIpc) is 3.16. The van der Waals surface area contributed by atoms with E-state index in [1.165, 1.54) is 0 Å². The molecule has 2 N–H and O–H groups in total. The number of ketones is 1. The Kier molecular flexibility index (Phi) is 4.77. The zero-order chi connectivity index (χ0) is 16.9. The van der Waals surface area contributed by atoms with E-state index in [-0.39, 0.29) is 5.78 Å². The molecular formula is C20H19NO3. The molecule has 0 amide bonds. The summed E-state index contributed by atoms with van der Waals surface area (Å²) in [6, 6.07) is 20.0. The van der Waals surface area contributed by atoms with Crippen molar-refractivity contribution in [2.24, 2.45) is 0 Å². The van der Waals surface area contributed by atoms with E-state index in [1.807, 2.05) is 42.5 Å². The largest absolute Gasteiger partial charge is 0.497 e. The van der Waals surface area contributed by atoms with Crippen LogP contribution < -0.4 is 4.74 Å². The number of hydrogen-bond acceptors (Lipinski definition) is 3. The van der Waals surface area contributed by atoms with E-state index in [9.17, 15) is 9.90 Å². The number of hydrogen-bond donors (Lipinski definition) is 2. The first-order chi connectivity index (χ1) is 11.7. The highest BCUT2D eigenvalue weighted by atomic mass is 16.5. The molecule has 0 saturated heterocycles. The molecule has 0 unspecified atom stereocenters. The first-order valence-electron chi connectivity index (χ1n) is 7.75. The van der Waals surface area contributed by atoms with Gasteiger partial charge in [-0.15, -0.1) is 0 Å². The zero-order valence-corrected chi connectivity index (χ0v) is 13.3. The average molecular weight is 321 g/mol. The Labute approximate surface area is 140 Å². The van der Waals surface area contributed by atoms with Crippen molar-refractivity contribution < 1.29 is 14.6 Å². The lowest BCUT2D eigenvalue weighted by atomic mass is 9.86. The number of aliphatic hydroxyl groups is 1. The topological polar surface area (TPSA) is 62.3 Å². The number of Topliss-reactive ketones (excluding diaryl/α,β-unsaturated/α-hetero) is 1. The second-order valence-electron chi connectivity index (χ2n) is 5.55. The lowest BCUT2D eigenvalue weighted by Gasteiger charge is -2.22. The minimum atomic E-state index is -1.18. The molecule has 4 heteroatoms. The molecule has 122 valence electrons. The highest BCUT2D eigenvalue weighted by Crippen LogP contribution is 2.30. The normalized spacial score (nSPS) is 13.2. The van der Waals surface area contributed by atoms with Crippen LogP contribution >= 0.6 is 0 Å². The summed E-state index contributed by atoms with van der Waals surface area (Å²) in [6.07, 6.45) is 0.602. The summed E-state index contributed by atoms with van der Waals surface area (Å²) in [5.41, 5.74) is 2.13. The van der Waals surface area contributed by atoms with Crippen molar-refractivity contribution in [2.75, 3.05) is 7.11 Å². The van der Waals surface area contributed by atoms with Crippen molar-refractivity contribution in [2.45, 2.75) is 12.0 Å². The minimum absolute atomic E-state index is 0.300. The van der Waals surface area contributed by atoms with Gasteiger partial charge in [0, 0.05) is 17.5 Å². The van der Waals surface area contributed by atoms with E-state index in [0.29, 0.717) is 5.56 Å². The van der Waals surface area contributed by atoms with Gasteiger partial charge in [0.15, 0.2) is 5.78 Å². The molecular weight excluding hydrogens is 302 g/mol. The number of carbonyl (C=O) groups is 1. The molecule has 24 heavy (non-hydrogen) atoms. The summed E-state index contributed by atoms with van der Waals surface area (Å²) in [6.45, 7) is 0. The molecule has 4 nitrogen and oxygen atoms in total. The Hall–Kier alpha value is -2.85. The van der Waals surface area contributed by atoms with E-state index in [4.69, 9.17) is 4.74 Å². The van der Waals surface area contributed by atoms with Crippen molar-refractivity contribution in [1.29, 1.82) is 0 Å². The number of aromatic amines is 1. The summed E-state index contributed by atoms with van der Waals surface area (Å²) in [5, 5.41) is 10.8. The van der Waals surface area contributed by atoms with Gasteiger partial charge in [-0.05, 0) is 29.8 Å². The van der Waals surface area contributed by atoms with Crippen LogP contribution in [0.3, 0.4) is 0 Å². The van der Waals surface area contributed by atoms with Gasteiger partial charge in [0.1, 0.15) is 11.9 Å². The van der Waals surface area contributed by atoms with Gasteiger partial charge < -0.3 is 14.8 Å². The predicted octanol–water partition coefficient (Wildman–Crippen LogP) is 3.40. The summed E-state index contributed by atoms with van der Waals surface area (Å²) in [7, 11) is 1.60. The summed E-state index contributed by atoms with van der Waals surface area (Å²) in [5.74, 6) is -0.0440. The van der Waals surface area contributed by atoms with Crippen LogP contribution in [0.5, 0.6) is 5.75 Å². The van der Waals surface area contributed by atoms with Crippen LogP contribution in [0.1, 0.15) is 27.5 Å². The van der Waals surface area contributed by atoms with Crippen LogP contribution in [0.2, 0.25) is 0 Å². The maximum absolute atomic E-state index is 12.7. The Balaban J connectivity index is 1.97. The number of ether oxygens (including phenoxy) is 1. The third-order valence-corrected chi connectivity index (χ3v) is 4.07. The first-order valence-corrected chi connectivity index (χ1v) is 7.75. The van der Waals surface area contributed by atoms with Gasteiger partial charge in [0.25, 0.3) is 0 Å². The Bertz CT molecular complexity index is 780. The molecule has 0 aliphatic heterocycles. The van der Waals surface area contributed by atoms with E-state index >= 15 is 0 Å². The molecule has 0 bridgehead atoms. The molecule has 1 heterocycles. The predicted molar refractivity (Wildman–Crippen MR) is 92.4 cm³/mol. The number of methoxy groups -OCH3 is 1. The molecule has 0 spiro atoms. The maximum Gasteiger partial charge on any atom is 0.192 e. The second kappa shape index (κ2) is 7.15. The van der Waals surface area contributed by atoms with Gasteiger partial charge in [0.2, 0.25) is 0 Å². The molecule has 0 aliphatic rings. The van der Waals surface area contributed by atoms with Crippen LogP contribution in [0.4, 0.5) is 0 Å². The van der Waals surface area contributed by atoms with Gasteiger partial charge in [-0.1, -0.05) is 42.5 Å². The van der Waals surface area contributed by atoms with Crippen LogP contribution in [0.25, 0.3) is 0 Å². The fourth-order valence-corrected chi connectivity index (χ4v) is 2.81. The van der Waals surface area contributed by atoms with Gasteiger partial charge in [-0.2, -0.15) is 0 Å².